The second-order valence-corrected chi connectivity index (χ2v) is 3.91. The highest BCUT2D eigenvalue weighted by atomic mass is 35.5. The lowest BCUT2D eigenvalue weighted by Crippen LogP contribution is -2.26. The van der Waals surface area contributed by atoms with Crippen LogP contribution in [0.4, 0.5) is 5.69 Å². The third-order valence-corrected chi connectivity index (χ3v) is 2.36. The Balaban J connectivity index is 0.000000357. The van der Waals surface area contributed by atoms with Gasteiger partial charge in [0.05, 0.1) is 17.3 Å². The third kappa shape index (κ3) is 4.88. The normalized spacial score (nSPS) is 12.9. The first-order chi connectivity index (χ1) is 8.49. The van der Waals surface area contributed by atoms with Gasteiger partial charge in [0, 0.05) is 6.54 Å². The van der Waals surface area contributed by atoms with E-state index in [4.69, 9.17) is 26.9 Å². The molecule has 0 spiro atoms. The smallest absolute Gasteiger partial charge is 0.291 e. The van der Waals surface area contributed by atoms with Crippen LogP contribution in [0.1, 0.15) is 5.56 Å². The minimum Gasteiger partial charge on any atom is -0.354 e. The zero-order valence-corrected chi connectivity index (χ0v) is 10.4. The molecule has 7 nitrogen and oxygen atoms in total. The number of hydrogen-bond acceptors (Lipinski definition) is 5. The van der Waals surface area contributed by atoms with Crippen LogP contribution in [-0.2, 0) is 0 Å². The molecule has 98 valence electrons. The number of anilines is 1. The maximum absolute atomic E-state index is 8.36. The number of nitrogens with one attached hydrogen (secondary N) is 2. The van der Waals surface area contributed by atoms with Gasteiger partial charge >= 0.3 is 0 Å². The summed E-state index contributed by atoms with van der Waals surface area (Å²) in [6.45, 7) is 3.73. The zero-order chi connectivity index (χ0) is 13.5. The fourth-order valence-corrected chi connectivity index (χ4v) is 1.61. The highest BCUT2D eigenvalue weighted by molar-refractivity contribution is 6.33. The molecule has 1 heterocycles. The fourth-order valence-electron chi connectivity index (χ4n) is 1.33. The number of aliphatic imine (C=N–C) groups is 1. The van der Waals surface area contributed by atoms with Crippen LogP contribution in [0.5, 0.6) is 0 Å². The number of rotatable bonds is 1. The lowest BCUT2D eigenvalue weighted by Gasteiger charge is -2.08. The molecule has 0 atom stereocenters. The van der Waals surface area contributed by atoms with Gasteiger partial charge in [0.2, 0.25) is 0 Å². The van der Waals surface area contributed by atoms with Crippen molar-refractivity contribution in [2.45, 2.75) is 6.92 Å². The molecule has 1 aliphatic heterocycles. The predicted octanol–water partition coefficient (Wildman–Crippen LogP) is 1.67. The Labute approximate surface area is 109 Å². The summed E-state index contributed by atoms with van der Waals surface area (Å²) in [5, 5.41) is 20.6. The number of nitrogens with zero attached hydrogens (tertiary/aromatic N) is 2. The molecule has 18 heavy (non-hydrogen) atoms. The molecule has 3 N–H and O–H groups in total. The number of halogens is 1. The molecule has 0 saturated carbocycles. The van der Waals surface area contributed by atoms with Crippen LogP contribution in [0.2, 0.25) is 5.02 Å². The molecule has 1 aromatic rings. The van der Waals surface area contributed by atoms with Crippen LogP contribution >= 0.6 is 11.6 Å². The summed E-state index contributed by atoms with van der Waals surface area (Å²) in [6.07, 6.45) is 0. The first-order valence-electron chi connectivity index (χ1n) is 5.14. The van der Waals surface area contributed by atoms with Crippen LogP contribution in [0.15, 0.2) is 23.2 Å². The Kier molecular flexibility index (Phi) is 5.19. The van der Waals surface area contributed by atoms with Crippen molar-refractivity contribution >= 4 is 23.2 Å². The van der Waals surface area contributed by atoms with Gasteiger partial charge in [-0.2, -0.15) is 0 Å². The summed E-state index contributed by atoms with van der Waals surface area (Å²) in [7, 11) is 0. The van der Waals surface area contributed by atoms with E-state index < -0.39 is 5.09 Å². The van der Waals surface area contributed by atoms with Gasteiger partial charge < -0.3 is 15.8 Å². The molecule has 2 rings (SSSR count). The average molecular weight is 273 g/mol. The maximum atomic E-state index is 8.36. The van der Waals surface area contributed by atoms with Crippen molar-refractivity contribution in [1.82, 2.24) is 5.32 Å². The van der Waals surface area contributed by atoms with Gasteiger partial charge in [-0.3, -0.25) is 4.99 Å². The first kappa shape index (κ1) is 14.0. The van der Waals surface area contributed by atoms with E-state index in [-0.39, 0.29) is 0 Å². The van der Waals surface area contributed by atoms with Gasteiger partial charge in [-0.25, -0.2) is 0 Å². The molecule has 8 heteroatoms. The lowest BCUT2D eigenvalue weighted by atomic mass is 10.2. The van der Waals surface area contributed by atoms with E-state index in [0.29, 0.717) is 0 Å². The van der Waals surface area contributed by atoms with Gasteiger partial charge in [-0.15, -0.1) is 10.1 Å². The van der Waals surface area contributed by atoms with E-state index in [1.807, 2.05) is 25.1 Å². The van der Waals surface area contributed by atoms with Gasteiger partial charge in [0.25, 0.3) is 5.09 Å². The summed E-state index contributed by atoms with van der Waals surface area (Å²) in [5.74, 6) is 0.802. The van der Waals surface area contributed by atoms with Crippen LogP contribution in [-0.4, -0.2) is 29.3 Å². The fraction of sp³-hybridized carbons (Fsp3) is 0.300. The van der Waals surface area contributed by atoms with Crippen molar-refractivity contribution < 1.29 is 10.3 Å². The summed E-state index contributed by atoms with van der Waals surface area (Å²) in [5.41, 5.74) is 2.05. The minimum atomic E-state index is -1.50. The SMILES string of the molecule is Cc1ccc(NC2=NCCN2)c(Cl)c1.O=[N+]([O-])O. The predicted molar refractivity (Wildman–Crippen MR) is 68.9 cm³/mol. The van der Waals surface area contributed by atoms with Crippen LogP contribution in [0.25, 0.3) is 0 Å². The zero-order valence-electron chi connectivity index (χ0n) is 9.68. The van der Waals surface area contributed by atoms with Gasteiger partial charge in [0.15, 0.2) is 5.96 Å². The first-order valence-corrected chi connectivity index (χ1v) is 5.51. The van der Waals surface area contributed by atoms with Crippen molar-refractivity contribution in [3.05, 3.63) is 38.9 Å². The molecule has 1 aliphatic rings. The minimum absolute atomic E-state index is 0.724. The summed E-state index contributed by atoms with van der Waals surface area (Å²) >= 11 is 6.06. The van der Waals surface area contributed by atoms with E-state index in [2.05, 4.69) is 15.6 Å². The van der Waals surface area contributed by atoms with E-state index in [1.165, 1.54) is 0 Å². The number of guanidine groups is 1. The largest absolute Gasteiger partial charge is 0.354 e. The number of benzene rings is 1. The summed E-state index contributed by atoms with van der Waals surface area (Å²) < 4.78 is 0. The van der Waals surface area contributed by atoms with Crippen molar-refractivity contribution in [3.8, 4) is 0 Å². The monoisotopic (exact) mass is 272 g/mol. The van der Waals surface area contributed by atoms with Crippen molar-refractivity contribution in [2.75, 3.05) is 18.4 Å². The Morgan fingerprint density at radius 2 is 2.28 bits per heavy atom. The average Bonchev–Trinajstić information content (AvgIpc) is 2.74. The number of aryl methyl sites for hydroxylation is 1. The van der Waals surface area contributed by atoms with Crippen molar-refractivity contribution in [1.29, 1.82) is 0 Å². The van der Waals surface area contributed by atoms with Crippen molar-refractivity contribution in [3.63, 3.8) is 0 Å². The van der Waals surface area contributed by atoms with Crippen molar-refractivity contribution in [2.24, 2.45) is 4.99 Å². The summed E-state index contributed by atoms with van der Waals surface area (Å²) in [4.78, 5) is 12.6. The molecule has 0 saturated heterocycles. The van der Waals surface area contributed by atoms with E-state index >= 15 is 0 Å². The van der Waals surface area contributed by atoms with Gasteiger partial charge in [-0.1, -0.05) is 17.7 Å². The molecular formula is C10H13ClN4O3. The molecule has 0 radical (unpaired) electrons. The Morgan fingerprint density at radius 3 is 2.78 bits per heavy atom. The lowest BCUT2D eigenvalue weighted by molar-refractivity contribution is -0.742. The van der Waals surface area contributed by atoms with Crippen LogP contribution < -0.4 is 10.6 Å². The Bertz CT molecular complexity index is 460. The molecule has 0 amide bonds. The molecule has 1 aromatic carbocycles. The maximum Gasteiger partial charge on any atom is 0.291 e. The molecule has 0 fully saturated rings. The molecule has 0 bridgehead atoms. The second kappa shape index (κ2) is 6.65. The second-order valence-electron chi connectivity index (χ2n) is 3.50. The van der Waals surface area contributed by atoms with Crippen LogP contribution in [0.3, 0.4) is 0 Å². The Hall–Kier alpha value is -2.02. The highest BCUT2D eigenvalue weighted by Crippen LogP contribution is 2.22. The topological polar surface area (TPSA) is 99.8 Å². The van der Waals surface area contributed by atoms with E-state index in [9.17, 15) is 0 Å². The quantitative estimate of drug-likeness (QED) is 0.533. The molecule has 0 aliphatic carbocycles. The highest BCUT2D eigenvalue weighted by Gasteiger charge is 2.06. The van der Waals surface area contributed by atoms with Gasteiger partial charge in [0.1, 0.15) is 0 Å². The Morgan fingerprint density at radius 1 is 1.61 bits per heavy atom. The molecular weight excluding hydrogens is 260 g/mol. The summed E-state index contributed by atoms with van der Waals surface area (Å²) in [6, 6.07) is 5.91. The molecule has 0 aromatic heterocycles. The van der Waals surface area contributed by atoms with Crippen LogP contribution in [0, 0.1) is 17.0 Å². The molecule has 0 unspecified atom stereocenters. The third-order valence-electron chi connectivity index (χ3n) is 2.05. The van der Waals surface area contributed by atoms with E-state index in [1.54, 1.807) is 0 Å². The number of hydrogen-bond donors (Lipinski definition) is 3. The standard InChI is InChI=1S/C10H12ClN3.HNO3/c1-7-2-3-9(8(11)6-7)14-10-12-4-5-13-10;2-1(3)4/h2-3,6H,4-5H2,1H3,(H2,12,13,14);(H,2,3,4). The van der Waals surface area contributed by atoms with Gasteiger partial charge in [-0.05, 0) is 24.6 Å². The van der Waals surface area contributed by atoms with E-state index in [0.717, 1.165) is 35.3 Å².